The predicted molar refractivity (Wildman–Crippen MR) is 193 cm³/mol. The second kappa shape index (κ2) is 13.1. The van der Waals surface area contributed by atoms with Crippen molar-refractivity contribution in [2.75, 3.05) is 18.1 Å². The number of carbonyl (C=O) groups excluding carboxylic acids is 2. The van der Waals surface area contributed by atoms with Crippen molar-refractivity contribution in [3.63, 3.8) is 0 Å². The minimum atomic E-state index is -3.49. The lowest BCUT2D eigenvalue weighted by Gasteiger charge is -2.31. The molecule has 4 atom stereocenters. The second-order valence-corrected chi connectivity index (χ2v) is 17.7. The summed E-state index contributed by atoms with van der Waals surface area (Å²) in [5.41, 5.74) is 2.29. The molecule has 1 aromatic heterocycles. The fourth-order valence-electron chi connectivity index (χ4n) is 8.05. The number of aromatic amines is 1. The number of fused-ring (bicyclic) bond motifs is 3. The number of benzene rings is 4. The molecule has 1 spiro atoms. The molecule has 50 heavy (non-hydrogen) atoms. The first-order valence-electron chi connectivity index (χ1n) is 17.0. The van der Waals surface area contributed by atoms with Gasteiger partial charge in [-0.05, 0) is 54.6 Å². The Morgan fingerprint density at radius 2 is 1.62 bits per heavy atom. The number of rotatable bonds is 10. The average Bonchev–Trinajstić information content (AvgIpc) is 3.69. The Labute approximate surface area is 291 Å². The molecule has 0 unspecified atom stereocenters. The highest BCUT2D eigenvalue weighted by molar-refractivity contribution is 6.72. The van der Waals surface area contributed by atoms with E-state index < -0.39 is 31.6 Å². The van der Waals surface area contributed by atoms with E-state index in [1.54, 1.807) is 29.0 Å². The van der Waals surface area contributed by atoms with Crippen molar-refractivity contribution >= 4 is 36.8 Å². The van der Waals surface area contributed by atoms with Crippen LogP contribution < -0.4 is 10.5 Å². The summed E-state index contributed by atoms with van der Waals surface area (Å²) < 4.78 is 24.6. The molecule has 9 nitrogen and oxygen atoms in total. The molecule has 7 rings (SSSR count). The van der Waals surface area contributed by atoms with E-state index >= 15 is 4.11 Å². The monoisotopic (exact) mass is 692 g/mol. The molecule has 1 saturated heterocycles. The largest absolute Gasteiger partial charge is 0.395 e. The highest BCUT2D eigenvalue weighted by Gasteiger charge is 2.67. The Bertz CT molecular complexity index is 2090. The van der Waals surface area contributed by atoms with E-state index in [1.807, 2.05) is 104 Å². The van der Waals surface area contributed by atoms with Crippen LogP contribution in [0.1, 0.15) is 30.0 Å². The van der Waals surface area contributed by atoms with Crippen molar-refractivity contribution < 1.29 is 23.5 Å². The van der Waals surface area contributed by atoms with Crippen LogP contribution in [-0.2, 0) is 33.0 Å². The number of nitrogens with one attached hydrogen (secondary N) is 1. The first-order valence-corrected chi connectivity index (χ1v) is 20.0. The van der Waals surface area contributed by atoms with Crippen molar-refractivity contribution in [2.24, 2.45) is 5.92 Å². The number of anilines is 1. The van der Waals surface area contributed by atoms with Gasteiger partial charge in [0.2, 0.25) is 14.3 Å². The van der Waals surface area contributed by atoms with Crippen molar-refractivity contribution in [3.8, 4) is 5.69 Å². The summed E-state index contributed by atoms with van der Waals surface area (Å²) in [6.45, 7) is 5.58. The van der Waals surface area contributed by atoms with Crippen LogP contribution in [0.15, 0.2) is 108 Å². The van der Waals surface area contributed by atoms with Gasteiger partial charge in [0, 0.05) is 30.1 Å². The van der Waals surface area contributed by atoms with Gasteiger partial charge in [-0.1, -0.05) is 79.7 Å². The third kappa shape index (κ3) is 5.78. The van der Waals surface area contributed by atoms with Crippen molar-refractivity contribution in [2.45, 2.75) is 56.8 Å². The fraction of sp³-hybridized carbons (Fsp3) is 0.308. The van der Waals surface area contributed by atoms with Gasteiger partial charge in [-0.3, -0.25) is 19.5 Å². The van der Waals surface area contributed by atoms with Gasteiger partial charge in [0.25, 0.3) is 11.5 Å². The maximum Gasteiger partial charge on any atom is 0.279 e. The maximum absolute atomic E-state index is 16.3. The van der Waals surface area contributed by atoms with E-state index in [4.69, 9.17) is 4.74 Å². The first kappa shape index (κ1) is 33.6. The van der Waals surface area contributed by atoms with Gasteiger partial charge in [-0.2, -0.15) is 0 Å². The van der Waals surface area contributed by atoms with Crippen LogP contribution in [-0.4, -0.2) is 59.3 Å². The third-order valence-corrected chi connectivity index (χ3v) is 12.8. The van der Waals surface area contributed by atoms with E-state index in [0.29, 0.717) is 28.9 Å². The molecule has 0 aliphatic carbocycles. The number of aliphatic hydroxyl groups excluding tert-OH is 1. The molecule has 0 radical (unpaired) electrons. The maximum atomic E-state index is 16.3. The number of halogens is 1. The van der Waals surface area contributed by atoms with Crippen LogP contribution in [0.25, 0.3) is 16.6 Å². The van der Waals surface area contributed by atoms with Gasteiger partial charge >= 0.3 is 0 Å². The molecule has 258 valence electrons. The van der Waals surface area contributed by atoms with Crippen molar-refractivity contribution in [1.29, 1.82) is 0 Å². The zero-order chi connectivity index (χ0) is 35.2. The quantitative estimate of drug-likeness (QED) is 0.137. The van der Waals surface area contributed by atoms with Gasteiger partial charge in [-0.25, -0.2) is 4.68 Å². The molecule has 0 saturated carbocycles. The van der Waals surface area contributed by atoms with Crippen LogP contribution in [0, 0.1) is 5.92 Å². The van der Waals surface area contributed by atoms with Crippen molar-refractivity contribution in [1.82, 2.24) is 14.7 Å². The minimum absolute atomic E-state index is 0.103. The SMILES string of the molecule is C[C@H]1[C@H]([Si](C)(C)F)[C@@H](CC(=O)N(CCO)Cc2ccccc2)O[C@]12C(=O)N(Cc1ccc(-n3[nH]c4ccccc4c3=O)cc1)c1ccccc12. The molecule has 3 heterocycles. The third-order valence-electron chi connectivity index (χ3n) is 10.3. The molecule has 2 aliphatic rings. The van der Waals surface area contributed by atoms with Gasteiger partial charge in [-0.15, -0.1) is 0 Å². The molecule has 5 aromatic rings. The van der Waals surface area contributed by atoms with Crippen molar-refractivity contribution in [3.05, 3.63) is 130 Å². The number of amides is 2. The molecular formula is C39H41FN4O5Si. The summed E-state index contributed by atoms with van der Waals surface area (Å²) >= 11 is 0. The lowest BCUT2D eigenvalue weighted by Crippen LogP contribution is -2.45. The fourth-order valence-corrected chi connectivity index (χ4v) is 10.5. The molecule has 2 aliphatic heterocycles. The number of hydrogen-bond acceptors (Lipinski definition) is 5. The van der Waals surface area contributed by atoms with Crippen LogP contribution in [0.3, 0.4) is 0 Å². The van der Waals surface area contributed by atoms with Crippen LogP contribution in [0.4, 0.5) is 9.80 Å². The number of para-hydroxylation sites is 2. The Morgan fingerprint density at radius 1 is 0.940 bits per heavy atom. The number of carbonyl (C=O) groups is 2. The first-order chi connectivity index (χ1) is 24.0. The van der Waals surface area contributed by atoms with Gasteiger partial charge in [0.05, 0.1) is 48.0 Å². The van der Waals surface area contributed by atoms with Gasteiger partial charge in [0.1, 0.15) is 0 Å². The number of aliphatic hydroxyl groups is 1. The number of aromatic nitrogens is 2. The molecular weight excluding hydrogens is 652 g/mol. The number of nitrogens with zero attached hydrogens (tertiary/aromatic N) is 3. The van der Waals surface area contributed by atoms with Gasteiger partial charge in [0.15, 0.2) is 5.60 Å². The van der Waals surface area contributed by atoms with Crippen LogP contribution >= 0.6 is 0 Å². The number of ether oxygens (including phenoxy) is 1. The molecule has 2 N–H and O–H groups in total. The summed E-state index contributed by atoms with van der Waals surface area (Å²) in [6, 6.07) is 31.8. The van der Waals surface area contributed by atoms with E-state index in [0.717, 1.165) is 16.6 Å². The normalized spacial score (nSPS) is 21.7. The van der Waals surface area contributed by atoms with E-state index in [2.05, 4.69) is 5.10 Å². The Balaban J connectivity index is 1.17. The van der Waals surface area contributed by atoms with E-state index in [-0.39, 0.29) is 43.5 Å². The Hall–Kier alpha value is -4.84. The summed E-state index contributed by atoms with van der Waals surface area (Å²) in [7, 11) is -3.49. The van der Waals surface area contributed by atoms with Crippen LogP contribution in [0.2, 0.25) is 18.6 Å². The Morgan fingerprint density at radius 3 is 2.32 bits per heavy atom. The molecule has 2 amide bonds. The predicted octanol–water partition coefficient (Wildman–Crippen LogP) is 6.05. The van der Waals surface area contributed by atoms with Crippen LogP contribution in [0.5, 0.6) is 0 Å². The van der Waals surface area contributed by atoms with E-state index in [1.165, 1.54) is 4.68 Å². The highest BCUT2D eigenvalue weighted by atomic mass is 28.4. The lowest BCUT2D eigenvalue weighted by molar-refractivity contribution is -0.150. The number of H-pyrrole nitrogens is 1. The Kier molecular flexibility index (Phi) is 8.83. The lowest BCUT2D eigenvalue weighted by atomic mass is 9.82. The average molecular weight is 693 g/mol. The topological polar surface area (TPSA) is 108 Å². The zero-order valence-corrected chi connectivity index (χ0v) is 29.4. The highest BCUT2D eigenvalue weighted by Crippen LogP contribution is 2.60. The summed E-state index contributed by atoms with van der Waals surface area (Å²) in [4.78, 5) is 44.8. The summed E-state index contributed by atoms with van der Waals surface area (Å²) in [6.07, 6.45) is -0.930. The number of hydrogen-bond donors (Lipinski definition) is 2. The van der Waals surface area contributed by atoms with Gasteiger partial charge < -0.3 is 23.8 Å². The summed E-state index contributed by atoms with van der Waals surface area (Å²) in [5, 5.41) is 13.5. The summed E-state index contributed by atoms with van der Waals surface area (Å²) in [5.74, 6) is -1.08. The smallest absolute Gasteiger partial charge is 0.279 e. The molecule has 0 bridgehead atoms. The molecule has 11 heteroatoms. The minimum Gasteiger partial charge on any atom is -0.395 e. The second-order valence-electron chi connectivity index (χ2n) is 13.9. The standard InChI is InChI=1S/C39H41FN4O5Si/c1-26-36(50(2,3)40)34(23-35(46)42(21-22-45)24-27-11-5-4-6-12-27)49-39(26)31-14-8-10-16-33(31)43(38(39)48)25-28-17-19-29(20-18-28)44-37(47)30-13-7-9-15-32(30)41-44/h4-20,26,34,36,41,45H,21-25H2,1-3H3/t26-,34+,36-,39+/m0/s1. The molecule has 4 aromatic carbocycles. The zero-order valence-electron chi connectivity index (χ0n) is 28.4. The molecule has 1 fully saturated rings. The van der Waals surface area contributed by atoms with E-state index in [9.17, 15) is 19.5 Å².